The molecule has 4 nitrogen and oxygen atoms in total. The maximum atomic E-state index is 12.8. The van der Waals surface area contributed by atoms with Crippen molar-refractivity contribution in [3.8, 4) is 11.4 Å². The van der Waals surface area contributed by atoms with Crippen LogP contribution in [0.3, 0.4) is 0 Å². The van der Waals surface area contributed by atoms with Crippen LogP contribution in [0.5, 0.6) is 0 Å². The predicted octanol–water partition coefficient (Wildman–Crippen LogP) is 5.72. The van der Waals surface area contributed by atoms with E-state index in [1.807, 2.05) is 19.1 Å². The summed E-state index contributed by atoms with van der Waals surface area (Å²) in [6.07, 6.45) is 10.7. The van der Waals surface area contributed by atoms with Gasteiger partial charge in [-0.05, 0) is 93.9 Å². The monoisotopic (exact) mass is 406 g/mol. The van der Waals surface area contributed by atoms with Gasteiger partial charge in [0.15, 0.2) is 5.69 Å². The first kappa shape index (κ1) is 19.8. The Morgan fingerprint density at radius 1 is 1.13 bits per heavy atom. The van der Waals surface area contributed by atoms with E-state index in [0.29, 0.717) is 17.7 Å². The van der Waals surface area contributed by atoms with Gasteiger partial charge in [-0.1, -0.05) is 24.3 Å². The molecule has 0 aliphatic heterocycles. The van der Waals surface area contributed by atoms with E-state index in [0.717, 1.165) is 41.3 Å². The van der Waals surface area contributed by atoms with E-state index in [-0.39, 0.29) is 5.97 Å². The van der Waals surface area contributed by atoms with E-state index < -0.39 is 0 Å². The first-order valence-electron chi connectivity index (χ1n) is 11.8. The molecule has 1 heterocycles. The molecule has 0 N–H and O–H groups in total. The average Bonchev–Trinajstić information content (AvgIpc) is 3.02. The number of nitrogens with zero attached hydrogens (tertiary/aromatic N) is 2. The summed E-state index contributed by atoms with van der Waals surface area (Å²) in [6.45, 7) is 4.34. The minimum atomic E-state index is -0.284. The van der Waals surface area contributed by atoms with Gasteiger partial charge >= 0.3 is 5.97 Å². The fraction of sp³-hybridized carbons (Fsp3) is 0.615. The molecule has 2 aromatic rings. The number of aromatic nitrogens is 2. The number of ether oxygens (including phenoxy) is 1. The van der Waals surface area contributed by atoms with Crippen LogP contribution in [0.1, 0.15) is 73.6 Å². The Balaban J connectivity index is 1.46. The second-order valence-electron chi connectivity index (χ2n) is 10.2. The van der Waals surface area contributed by atoms with Crippen LogP contribution in [0, 0.1) is 30.1 Å². The molecule has 0 amide bonds. The van der Waals surface area contributed by atoms with Crippen LogP contribution >= 0.6 is 0 Å². The van der Waals surface area contributed by atoms with Crippen LogP contribution < -0.4 is 0 Å². The van der Waals surface area contributed by atoms with E-state index in [9.17, 15) is 4.79 Å². The summed E-state index contributed by atoms with van der Waals surface area (Å²) in [6, 6.07) is 8.27. The second kappa shape index (κ2) is 7.55. The van der Waals surface area contributed by atoms with E-state index in [1.54, 1.807) is 0 Å². The van der Waals surface area contributed by atoms with Crippen molar-refractivity contribution in [2.24, 2.45) is 30.2 Å². The summed E-state index contributed by atoms with van der Waals surface area (Å²) in [5, 5.41) is 0. The zero-order valence-corrected chi connectivity index (χ0v) is 18.6. The lowest BCUT2D eigenvalue weighted by molar-refractivity contribution is -0.0571. The zero-order chi connectivity index (χ0) is 20.9. The number of esters is 1. The number of aryl methyl sites for hydroxylation is 1. The highest BCUT2D eigenvalue weighted by Gasteiger charge is 2.50. The molecule has 0 saturated heterocycles. The highest BCUT2D eigenvalue weighted by Crippen LogP contribution is 2.61. The van der Waals surface area contributed by atoms with Gasteiger partial charge in [-0.15, -0.1) is 0 Å². The van der Waals surface area contributed by atoms with E-state index >= 15 is 0 Å². The van der Waals surface area contributed by atoms with Crippen molar-refractivity contribution in [2.75, 3.05) is 6.61 Å². The van der Waals surface area contributed by atoms with Crippen molar-refractivity contribution in [3.63, 3.8) is 0 Å². The summed E-state index contributed by atoms with van der Waals surface area (Å²) in [5.74, 6) is 3.45. The van der Waals surface area contributed by atoms with Crippen molar-refractivity contribution in [2.45, 2.75) is 65.2 Å². The molecule has 1 aromatic carbocycles. The molecule has 0 atom stereocenters. The lowest BCUT2D eigenvalue weighted by Crippen LogP contribution is -2.46. The third kappa shape index (κ3) is 3.38. The Morgan fingerprint density at radius 3 is 2.37 bits per heavy atom. The van der Waals surface area contributed by atoms with Gasteiger partial charge in [-0.25, -0.2) is 9.78 Å². The molecule has 4 heteroatoms. The standard InChI is InChI=1S/C26H34N2O2/c1-4-30-25(29)23-22(28(3)24(27-23)21-8-6-5-7-17(21)2)9-10-26-14-18-11-19(15-26)13-20(12-18)16-26/h5-8,18-20H,4,9-16H2,1-3H3. The highest BCUT2D eigenvalue weighted by atomic mass is 16.5. The lowest BCUT2D eigenvalue weighted by Gasteiger charge is -2.57. The predicted molar refractivity (Wildman–Crippen MR) is 118 cm³/mol. The van der Waals surface area contributed by atoms with Crippen molar-refractivity contribution >= 4 is 5.97 Å². The summed E-state index contributed by atoms with van der Waals surface area (Å²) >= 11 is 0. The topological polar surface area (TPSA) is 44.1 Å². The Hall–Kier alpha value is -2.10. The molecular weight excluding hydrogens is 372 g/mol. The number of rotatable bonds is 6. The summed E-state index contributed by atoms with van der Waals surface area (Å²) in [4.78, 5) is 17.6. The Bertz CT molecular complexity index is 923. The number of carbonyl (C=O) groups excluding carboxylic acids is 1. The SMILES string of the molecule is CCOC(=O)c1nc(-c2ccccc2C)n(C)c1CCC12CC3CC(CC(C3)C1)C2. The second-order valence-corrected chi connectivity index (χ2v) is 10.2. The highest BCUT2D eigenvalue weighted by molar-refractivity contribution is 5.89. The Kier molecular flexibility index (Phi) is 4.99. The molecule has 160 valence electrons. The maximum absolute atomic E-state index is 12.8. The Morgan fingerprint density at radius 2 is 1.77 bits per heavy atom. The summed E-state index contributed by atoms with van der Waals surface area (Å²) in [7, 11) is 2.06. The molecule has 4 saturated carbocycles. The molecule has 4 aliphatic carbocycles. The molecule has 0 radical (unpaired) electrons. The number of carbonyl (C=O) groups is 1. The molecule has 4 bridgehead atoms. The number of imidazole rings is 1. The van der Waals surface area contributed by atoms with Crippen LogP contribution in [-0.4, -0.2) is 22.1 Å². The lowest BCUT2D eigenvalue weighted by atomic mass is 9.48. The van der Waals surface area contributed by atoms with Gasteiger partial charge in [0.25, 0.3) is 0 Å². The molecule has 6 rings (SSSR count). The van der Waals surface area contributed by atoms with Crippen LogP contribution in [0.15, 0.2) is 24.3 Å². The smallest absolute Gasteiger partial charge is 0.358 e. The van der Waals surface area contributed by atoms with E-state index in [2.05, 4.69) is 30.7 Å². The summed E-state index contributed by atoms with van der Waals surface area (Å²) in [5.41, 5.74) is 4.32. The fourth-order valence-corrected chi connectivity index (χ4v) is 7.23. The van der Waals surface area contributed by atoms with Crippen LogP contribution in [-0.2, 0) is 18.2 Å². The third-order valence-corrected chi connectivity index (χ3v) is 8.13. The molecule has 1 aromatic heterocycles. The first-order chi connectivity index (χ1) is 14.5. The van der Waals surface area contributed by atoms with Gasteiger partial charge in [-0.2, -0.15) is 0 Å². The molecular formula is C26H34N2O2. The van der Waals surface area contributed by atoms with Crippen molar-refractivity contribution in [1.29, 1.82) is 0 Å². The van der Waals surface area contributed by atoms with Crippen LogP contribution in [0.4, 0.5) is 0 Å². The largest absolute Gasteiger partial charge is 0.461 e. The van der Waals surface area contributed by atoms with Crippen molar-refractivity contribution in [1.82, 2.24) is 9.55 Å². The molecule has 0 spiro atoms. The van der Waals surface area contributed by atoms with E-state index in [1.165, 1.54) is 50.5 Å². The van der Waals surface area contributed by atoms with Crippen molar-refractivity contribution < 1.29 is 9.53 Å². The van der Waals surface area contributed by atoms with E-state index in [4.69, 9.17) is 9.72 Å². The number of hydrogen-bond donors (Lipinski definition) is 0. The number of benzene rings is 1. The third-order valence-electron chi connectivity index (χ3n) is 8.13. The van der Waals surface area contributed by atoms with Gasteiger partial charge in [0.2, 0.25) is 0 Å². The minimum absolute atomic E-state index is 0.284. The normalized spacial score (nSPS) is 29.4. The van der Waals surface area contributed by atoms with Gasteiger partial charge in [0.05, 0.1) is 12.3 Å². The van der Waals surface area contributed by atoms with Crippen LogP contribution in [0.25, 0.3) is 11.4 Å². The molecule has 0 unspecified atom stereocenters. The maximum Gasteiger partial charge on any atom is 0.358 e. The van der Waals surface area contributed by atoms with Gasteiger partial charge in [0.1, 0.15) is 5.82 Å². The molecule has 4 fully saturated rings. The van der Waals surface area contributed by atoms with Gasteiger partial charge in [-0.3, -0.25) is 0 Å². The first-order valence-corrected chi connectivity index (χ1v) is 11.8. The van der Waals surface area contributed by atoms with Crippen LogP contribution in [0.2, 0.25) is 0 Å². The Labute approximate surface area is 180 Å². The molecule has 30 heavy (non-hydrogen) atoms. The van der Waals surface area contributed by atoms with Gasteiger partial charge in [0, 0.05) is 12.6 Å². The minimum Gasteiger partial charge on any atom is -0.461 e. The zero-order valence-electron chi connectivity index (χ0n) is 18.6. The number of hydrogen-bond acceptors (Lipinski definition) is 3. The quantitative estimate of drug-likeness (QED) is 0.576. The van der Waals surface area contributed by atoms with Gasteiger partial charge < -0.3 is 9.30 Å². The fourth-order valence-electron chi connectivity index (χ4n) is 7.23. The van der Waals surface area contributed by atoms with Crippen molar-refractivity contribution in [3.05, 3.63) is 41.2 Å². The molecule has 4 aliphatic rings. The average molecular weight is 407 g/mol. The summed E-state index contributed by atoms with van der Waals surface area (Å²) < 4.78 is 7.53.